The van der Waals surface area contributed by atoms with Crippen LogP contribution in [-0.2, 0) is 6.54 Å². The number of aryl methyl sites for hydroxylation is 3. The fraction of sp³-hybridized carbons (Fsp3) is 0.300. The Labute approximate surface area is 313 Å². The lowest BCUT2D eigenvalue weighted by Gasteiger charge is -2.14. The van der Waals surface area contributed by atoms with Crippen molar-refractivity contribution in [3.63, 3.8) is 0 Å². The van der Waals surface area contributed by atoms with Crippen molar-refractivity contribution in [2.24, 2.45) is 5.73 Å². The van der Waals surface area contributed by atoms with Crippen LogP contribution in [0.4, 0.5) is 33.6 Å². The van der Waals surface area contributed by atoms with Crippen molar-refractivity contribution >= 4 is 77.2 Å². The van der Waals surface area contributed by atoms with Crippen LogP contribution in [0.3, 0.4) is 0 Å². The normalized spacial score (nSPS) is 9.52. The Bertz CT molecular complexity index is 1690. The monoisotopic (exact) mass is 774 g/mol. The van der Waals surface area contributed by atoms with E-state index >= 15 is 4.39 Å². The molecular weight excluding hydrogens is 733 g/mol. The van der Waals surface area contributed by atoms with Gasteiger partial charge >= 0.3 is 0 Å². The van der Waals surface area contributed by atoms with Crippen molar-refractivity contribution in [3.05, 3.63) is 81.6 Å². The molecule has 0 radical (unpaired) electrons. The molecule has 0 unspecified atom stereocenters. The first kappa shape index (κ1) is 45.7. The Morgan fingerprint density at radius 2 is 1.44 bits per heavy atom. The Morgan fingerprint density at radius 3 is 1.98 bits per heavy atom. The van der Waals surface area contributed by atoms with Crippen molar-refractivity contribution in [2.75, 3.05) is 57.0 Å². The maximum atomic E-state index is 15.3. The van der Waals surface area contributed by atoms with Crippen molar-refractivity contribution in [1.29, 1.82) is 0 Å². The zero-order valence-electron chi connectivity index (χ0n) is 28.8. The van der Waals surface area contributed by atoms with Gasteiger partial charge in [-0.2, -0.15) is 10.1 Å². The highest BCUT2D eigenvalue weighted by atomic mass is 35.5. The minimum absolute atomic E-state index is 0. The second-order valence-electron chi connectivity index (χ2n) is 9.50. The van der Waals surface area contributed by atoms with Gasteiger partial charge in [0.2, 0.25) is 17.2 Å². The Balaban J connectivity index is 0.000000858. The van der Waals surface area contributed by atoms with Crippen LogP contribution < -0.4 is 37.5 Å². The van der Waals surface area contributed by atoms with E-state index in [2.05, 4.69) is 62.0 Å². The van der Waals surface area contributed by atoms with Crippen LogP contribution >= 0.6 is 48.0 Å². The molecule has 0 aliphatic rings. The average molecular weight is 777 g/mol. The predicted octanol–water partition coefficient (Wildman–Crippen LogP) is 5.54. The third kappa shape index (κ3) is 14.3. The number of benzene rings is 1. The average Bonchev–Trinajstić information content (AvgIpc) is 3.50. The van der Waals surface area contributed by atoms with Crippen LogP contribution in [0.5, 0.6) is 5.75 Å². The third-order valence-electron chi connectivity index (χ3n) is 5.83. The zero-order valence-corrected chi connectivity index (χ0v) is 32.0. The highest BCUT2D eigenvalue weighted by Crippen LogP contribution is 2.32. The number of methoxy groups -OCH3 is 1. The number of halogens is 5. The number of ether oxygens (including phenoxy) is 1. The van der Waals surface area contributed by atoms with E-state index in [1.807, 2.05) is 33.9 Å². The summed E-state index contributed by atoms with van der Waals surface area (Å²) in [6.07, 6.45) is 3.43. The fourth-order valence-corrected chi connectivity index (χ4v) is 4.35. The number of aromatic nitrogens is 8. The summed E-state index contributed by atoms with van der Waals surface area (Å²) in [5.41, 5.74) is 13.5. The minimum Gasteiger partial charge on any atom is -0.494 e. The summed E-state index contributed by atoms with van der Waals surface area (Å²) in [6, 6.07) is 8.53. The Hall–Kier alpha value is -4.32. The highest BCUT2D eigenvalue weighted by molar-refractivity contribution is 6.29. The molecule has 0 amide bonds. The van der Waals surface area contributed by atoms with E-state index in [4.69, 9.17) is 33.7 Å². The zero-order chi connectivity index (χ0) is 35.8. The van der Waals surface area contributed by atoms with E-state index in [-0.39, 0.29) is 47.4 Å². The van der Waals surface area contributed by atoms with Gasteiger partial charge in [0.1, 0.15) is 28.2 Å². The highest BCUT2D eigenvalue weighted by Gasteiger charge is 2.18. The molecule has 0 bridgehead atoms. The number of nitrogens with one attached hydrogen (secondary N) is 4. The van der Waals surface area contributed by atoms with Crippen molar-refractivity contribution in [2.45, 2.75) is 27.3 Å². The standard InChI is InChI=1S/C18H22FN7O.C6H8ClN3.C5H6ClN3.CH5N.2ClH/c1-11-7-15(21-3)25-18(23-11)24-13-5-6-14(27-4)17(16(13)19)26-10-12(8-20-2)9-22-26;1-4-3-5(8-2)10-6(7)9-4;1-3-2-4(6)9-5(7)8-3;1-2;;/h5-7,9-10,20H,8H2,1-4H3,(H2,21,23,24,25);3H,1-2H3,(H,8,9,10);2H,1H3,(H2,7,8,9);2H2,1H3;2*1H. The molecule has 20 heteroatoms. The summed E-state index contributed by atoms with van der Waals surface area (Å²) < 4.78 is 22.1. The first-order chi connectivity index (χ1) is 23.0. The second kappa shape index (κ2) is 23.2. The maximum absolute atomic E-state index is 15.3. The number of nitrogen functional groups attached to an aromatic ring is 1. The number of rotatable bonds is 8. The van der Waals surface area contributed by atoms with E-state index in [0.717, 1.165) is 28.5 Å². The number of hydrogen-bond donors (Lipinski definition) is 6. The quantitative estimate of drug-likeness (QED) is 0.0846. The van der Waals surface area contributed by atoms with E-state index in [0.29, 0.717) is 29.2 Å². The molecule has 5 rings (SSSR count). The molecular formula is C30H43Cl4FN14O. The van der Waals surface area contributed by atoms with Gasteiger partial charge in [-0.1, -0.05) is 11.6 Å². The Kier molecular flexibility index (Phi) is 21.2. The van der Waals surface area contributed by atoms with Crippen LogP contribution in [-0.4, -0.2) is 75.0 Å². The lowest BCUT2D eigenvalue weighted by atomic mass is 10.2. The molecule has 274 valence electrons. The van der Waals surface area contributed by atoms with Gasteiger partial charge in [0.15, 0.2) is 5.82 Å². The SMILES string of the molecule is CN.CNCc1cnn(-c2c(OC)ccc(Nc3nc(C)cc(NC)n3)c2F)c1.CNc1cc(C)nc(Cl)n1.Cc1cc(Cl)nc(N)n1.Cl.Cl. The van der Waals surface area contributed by atoms with Crippen molar-refractivity contribution < 1.29 is 9.13 Å². The van der Waals surface area contributed by atoms with Gasteiger partial charge in [0, 0.05) is 61.6 Å². The van der Waals surface area contributed by atoms with E-state index in [1.165, 1.54) is 18.8 Å². The van der Waals surface area contributed by atoms with Crippen LogP contribution in [0.25, 0.3) is 5.69 Å². The van der Waals surface area contributed by atoms with Gasteiger partial charge in [-0.25, -0.2) is 34.0 Å². The summed E-state index contributed by atoms with van der Waals surface area (Å²) in [6.45, 7) is 6.15. The third-order valence-corrected chi connectivity index (χ3v) is 6.19. The summed E-state index contributed by atoms with van der Waals surface area (Å²) in [5, 5.41) is 16.7. The first-order valence-corrected chi connectivity index (χ1v) is 15.1. The van der Waals surface area contributed by atoms with Crippen molar-refractivity contribution in [1.82, 2.24) is 45.0 Å². The van der Waals surface area contributed by atoms with Gasteiger partial charge < -0.3 is 37.5 Å². The maximum Gasteiger partial charge on any atom is 0.229 e. The predicted molar refractivity (Wildman–Crippen MR) is 205 cm³/mol. The summed E-state index contributed by atoms with van der Waals surface area (Å²) in [5.74, 6) is 1.77. The van der Waals surface area contributed by atoms with Crippen LogP contribution in [0, 0.1) is 26.6 Å². The number of anilines is 5. The van der Waals surface area contributed by atoms with Crippen LogP contribution in [0.2, 0.25) is 10.4 Å². The topological polar surface area (TPSA) is 205 Å². The molecule has 0 fully saturated rings. The molecule has 4 aromatic heterocycles. The van der Waals surface area contributed by atoms with Gasteiger partial charge in [0.25, 0.3) is 0 Å². The summed E-state index contributed by atoms with van der Waals surface area (Å²) >= 11 is 11.1. The van der Waals surface area contributed by atoms with E-state index < -0.39 is 5.82 Å². The van der Waals surface area contributed by atoms with Gasteiger partial charge in [-0.15, -0.1) is 24.8 Å². The molecule has 50 heavy (non-hydrogen) atoms. The number of nitrogens with two attached hydrogens (primary N) is 2. The molecule has 5 aromatic rings. The van der Waals surface area contributed by atoms with Gasteiger partial charge in [-0.05, 0) is 64.7 Å². The molecule has 0 aliphatic heterocycles. The molecule has 0 saturated heterocycles. The molecule has 0 atom stereocenters. The number of hydrogen-bond acceptors (Lipinski definition) is 14. The minimum atomic E-state index is -0.510. The van der Waals surface area contributed by atoms with Gasteiger partial charge in [-0.3, -0.25) is 0 Å². The lowest BCUT2D eigenvalue weighted by Crippen LogP contribution is -2.07. The largest absolute Gasteiger partial charge is 0.494 e. The molecule has 8 N–H and O–H groups in total. The fourth-order valence-electron chi connectivity index (χ4n) is 3.88. The number of nitrogens with zero attached hydrogens (tertiary/aromatic N) is 8. The molecule has 0 saturated carbocycles. The second-order valence-corrected chi connectivity index (χ2v) is 10.2. The molecule has 4 heterocycles. The molecule has 15 nitrogen and oxygen atoms in total. The first-order valence-electron chi connectivity index (χ1n) is 14.3. The Morgan fingerprint density at radius 1 is 0.840 bits per heavy atom. The molecule has 0 aliphatic carbocycles. The molecule has 0 spiro atoms. The van der Waals surface area contributed by atoms with Crippen molar-refractivity contribution in [3.8, 4) is 11.4 Å². The summed E-state index contributed by atoms with van der Waals surface area (Å²) in [4.78, 5) is 23.9. The molecule has 1 aromatic carbocycles. The van der Waals surface area contributed by atoms with Crippen LogP contribution in [0.15, 0.2) is 42.7 Å². The lowest BCUT2D eigenvalue weighted by molar-refractivity contribution is 0.407. The van der Waals surface area contributed by atoms with Gasteiger partial charge in [0.05, 0.1) is 19.0 Å². The van der Waals surface area contributed by atoms with E-state index in [9.17, 15) is 0 Å². The smallest absolute Gasteiger partial charge is 0.229 e. The van der Waals surface area contributed by atoms with Crippen LogP contribution in [0.1, 0.15) is 22.6 Å². The van der Waals surface area contributed by atoms with E-state index in [1.54, 1.807) is 50.8 Å². The summed E-state index contributed by atoms with van der Waals surface area (Å²) in [7, 11) is 8.38.